The van der Waals surface area contributed by atoms with Gasteiger partial charge in [-0.1, -0.05) is 6.07 Å². The number of nitrogens with zero attached hydrogens (tertiary/aromatic N) is 5. The molecular weight excluding hydrogens is 531 g/mol. The van der Waals surface area contributed by atoms with Crippen molar-refractivity contribution in [2.75, 3.05) is 40.4 Å². The SMILES string of the molecule is CCNC(=NCCCc1nnc2ccccn12)N1CCC(c2cc(OC)cc(OC)c2)C1.I. The van der Waals surface area contributed by atoms with Crippen LogP contribution in [0.15, 0.2) is 47.6 Å². The van der Waals surface area contributed by atoms with Gasteiger partial charge in [0.15, 0.2) is 11.6 Å². The third-order valence-electron chi connectivity index (χ3n) is 5.87. The molecule has 1 aromatic carbocycles. The molecule has 4 rings (SSSR count). The van der Waals surface area contributed by atoms with Crippen molar-refractivity contribution < 1.29 is 9.47 Å². The van der Waals surface area contributed by atoms with Gasteiger partial charge in [0.05, 0.1) is 14.2 Å². The van der Waals surface area contributed by atoms with E-state index >= 15 is 0 Å². The van der Waals surface area contributed by atoms with Crippen LogP contribution in [-0.2, 0) is 6.42 Å². The molecule has 1 aliphatic rings. The summed E-state index contributed by atoms with van der Waals surface area (Å²) in [7, 11) is 3.38. The van der Waals surface area contributed by atoms with Crippen molar-refractivity contribution >= 4 is 35.6 Å². The van der Waals surface area contributed by atoms with Gasteiger partial charge in [-0.3, -0.25) is 9.39 Å². The van der Waals surface area contributed by atoms with E-state index in [1.165, 1.54) is 5.56 Å². The van der Waals surface area contributed by atoms with E-state index < -0.39 is 0 Å². The number of pyridine rings is 1. The molecular formula is C24H33IN6O2. The van der Waals surface area contributed by atoms with Gasteiger partial charge in [-0.05, 0) is 49.6 Å². The molecule has 1 unspecified atom stereocenters. The summed E-state index contributed by atoms with van der Waals surface area (Å²) in [6.45, 7) is 5.61. The number of benzene rings is 1. The summed E-state index contributed by atoms with van der Waals surface area (Å²) in [5.74, 6) is 4.05. The van der Waals surface area contributed by atoms with Crippen molar-refractivity contribution in [1.82, 2.24) is 24.8 Å². The molecule has 3 heterocycles. The predicted molar refractivity (Wildman–Crippen MR) is 141 cm³/mol. The molecule has 2 aromatic heterocycles. The number of likely N-dealkylation sites (tertiary alicyclic amines) is 1. The van der Waals surface area contributed by atoms with Crippen molar-refractivity contribution in [2.45, 2.75) is 32.1 Å². The van der Waals surface area contributed by atoms with Crippen molar-refractivity contribution in [2.24, 2.45) is 4.99 Å². The van der Waals surface area contributed by atoms with Crippen LogP contribution in [0.4, 0.5) is 0 Å². The largest absolute Gasteiger partial charge is 0.497 e. The van der Waals surface area contributed by atoms with E-state index in [-0.39, 0.29) is 24.0 Å². The molecule has 9 heteroatoms. The maximum absolute atomic E-state index is 5.45. The first-order chi connectivity index (χ1) is 15.7. The van der Waals surface area contributed by atoms with Crippen LogP contribution in [0.5, 0.6) is 11.5 Å². The highest BCUT2D eigenvalue weighted by molar-refractivity contribution is 14.0. The maximum atomic E-state index is 5.45. The summed E-state index contributed by atoms with van der Waals surface area (Å²) in [6, 6.07) is 12.1. The predicted octanol–water partition coefficient (Wildman–Crippen LogP) is 3.75. The molecule has 0 spiro atoms. The molecule has 33 heavy (non-hydrogen) atoms. The van der Waals surface area contributed by atoms with Gasteiger partial charge < -0.3 is 19.7 Å². The first-order valence-electron chi connectivity index (χ1n) is 11.3. The normalized spacial score (nSPS) is 16.0. The molecule has 0 aliphatic carbocycles. The number of halogens is 1. The van der Waals surface area contributed by atoms with E-state index in [1.807, 2.05) is 34.9 Å². The van der Waals surface area contributed by atoms with Gasteiger partial charge in [0.25, 0.3) is 0 Å². The van der Waals surface area contributed by atoms with E-state index in [0.717, 1.165) is 74.4 Å². The first kappa shape index (κ1) is 25.1. The molecule has 1 aliphatic heterocycles. The molecule has 178 valence electrons. The number of rotatable bonds is 8. The molecule has 0 bridgehead atoms. The molecule has 1 saturated heterocycles. The maximum Gasteiger partial charge on any atom is 0.193 e. The summed E-state index contributed by atoms with van der Waals surface area (Å²) in [5.41, 5.74) is 2.13. The molecule has 1 N–H and O–H groups in total. The highest BCUT2D eigenvalue weighted by Crippen LogP contribution is 2.32. The van der Waals surface area contributed by atoms with Gasteiger partial charge in [-0.25, -0.2) is 0 Å². The molecule has 8 nitrogen and oxygen atoms in total. The highest BCUT2D eigenvalue weighted by Gasteiger charge is 2.27. The minimum absolute atomic E-state index is 0. The summed E-state index contributed by atoms with van der Waals surface area (Å²) in [5, 5.41) is 12.0. The van der Waals surface area contributed by atoms with Crippen LogP contribution in [0.25, 0.3) is 5.65 Å². The first-order valence-corrected chi connectivity index (χ1v) is 11.3. The summed E-state index contributed by atoms with van der Waals surface area (Å²) < 4.78 is 12.9. The standard InChI is InChI=1S/C24H32N6O2.HI/c1-4-25-24(26-11-7-9-23-28-27-22-8-5-6-12-30(22)23)29-13-10-18(17-29)19-14-20(31-2)16-21(15-19)32-3;/h5-6,8,12,14-16,18H,4,7,9-11,13,17H2,1-3H3,(H,25,26);1H. The topological polar surface area (TPSA) is 76.3 Å². The number of nitrogens with one attached hydrogen (secondary N) is 1. The Kier molecular flexibility index (Phi) is 9.16. The fourth-order valence-corrected chi connectivity index (χ4v) is 4.20. The lowest BCUT2D eigenvalue weighted by atomic mass is 9.98. The Hall–Kier alpha value is -2.56. The van der Waals surface area contributed by atoms with E-state index in [0.29, 0.717) is 5.92 Å². The van der Waals surface area contributed by atoms with Crippen molar-refractivity contribution in [3.8, 4) is 11.5 Å². The van der Waals surface area contributed by atoms with Crippen LogP contribution in [-0.4, -0.2) is 65.9 Å². The second-order valence-electron chi connectivity index (χ2n) is 7.96. The number of hydrogen-bond donors (Lipinski definition) is 1. The Labute approximate surface area is 212 Å². The number of ether oxygens (including phenoxy) is 2. The molecule has 0 saturated carbocycles. The summed E-state index contributed by atoms with van der Waals surface area (Å²) >= 11 is 0. The number of aliphatic imine (C=N–C) groups is 1. The Morgan fingerprint density at radius 1 is 1.15 bits per heavy atom. The van der Waals surface area contributed by atoms with E-state index in [2.05, 4.69) is 39.5 Å². The van der Waals surface area contributed by atoms with Gasteiger partial charge in [-0.2, -0.15) is 0 Å². The lowest BCUT2D eigenvalue weighted by molar-refractivity contribution is 0.392. The lowest BCUT2D eigenvalue weighted by Gasteiger charge is -2.22. The average Bonchev–Trinajstić information content (AvgIpc) is 3.48. The second kappa shape index (κ2) is 12.1. The van der Waals surface area contributed by atoms with Gasteiger partial charge in [0, 0.05) is 50.8 Å². The number of hydrogen-bond acceptors (Lipinski definition) is 5. The third kappa shape index (κ3) is 6.07. The van der Waals surface area contributed by atoms with E-state index in [1.54, 1.807) is 14.2 Å². The number of fused-ring (bicyclic) bond motifs is 1. The van der Waals surface area contributed by atoms with Crippen LogP contribution < -0.4 is 14.8 Å². The summed E-state index contributed by atoms with van der Waals surface area (Å²) in [6.07, 6.45) is 4.86. The minimum atomic E-state index is 0. The number of aryl methyl sites for hydroxylation is 1. The minimum Gasteiger partial charge on any atom is -0.497 e. The van der Waals surface area contributed by atoms with Crippen LogP contribution in [0.3, 0.4) is 0 Å². The average molecular weight is 564 g/mol. The van der Waals surface area contributed by atoms with Crippen molar-refractivity contribution in [3.63, 3.8) is 0 Å². The molecule has 0 amide bonds. The highest BCUT2D eigenvalue weighted by atomic mass is 127. The third-order valence-corrected chi connectivity index (χ3v) is 5.87. The quantitative estimate of drug-likeness (QED) is 0.195. The Morgan fingerprint density at radius 3 is 2.67 bits per heavy atom. The lowest BCUT2D eigenvalue weighted by Crippen LogP contribution is -2.40. The summed E-state index contributed by atoms with van der Waals surface area (Å²) in [4.78, 5) is 7.25. The van der Waals surface area contributed by atoms with E-state index in [9.17, 15) is 0 Å². The van der Waals surface area contributed by atoms with Crippen LogP contribution in [0, 0.1) is 0 Å². The zero-order valence-corrected chi connectivity index (χ0v) is 21.9. The molecule has 0 radical (unpaired) electrons. The Balaban J connectivity index is 0.00000306. The van der Waals surface area contributed by atoms with Crippen LogP contribution in [0.2, 0.25) is 0 Å². The van der Waals surface area contributed by atoms with Gasteiger partial charge in [0.1, 0.15) is 17.3 Å². The molecule has 1 atom stereocenters. The van der Waals surface area contributed by atoms with Crippen molar-refractivity contribution in [3.05, 3.63) is 54.0 Å². The second-order valence-corrected chi connectivity index (χ2v) is 7.96. The van der Waals surface area contributed by atoms with Gasteiger partial charge in [0.2, 0.25) is 0 Å². The Bertz CT molecular complexity index is 1050. The fraction of sp³-hybridized carbons (Fsp3) is 0.458. The van der Waals surface area contributed by atoms with Crippen molar-refractivity contribution in [1.29, 1.82) is 0 Å². The zero-order valence-electron chi connectivity index (χ0n) is 19.5. The Morgan fingerprint density at radius 2 is 1.94 bits per heavy atom. The zero-order chi connectivity index (χ0) is 22.3. The number of guanidine groups is 1. The van der Waals surface area contributed by atoms with Crippen LogP contribution >= 0.6 is 24.0 Å². The number of aromatic nitrogens is 3. The molecule has 1 fully saturated rings. The van der Waals surface area contributed by atoms with Gasteiger partial charge in [-0.15, -0.1) is 34.2 Å². The smallest absolute Gasteiger partial charge is 0.193 e. The number of methoxy groups -OCH3 is 2. The fourth-order valence-electron chi connectivity index (χ4n) is 4.20. The van der Waals surface area contributed by atoms with Gasteiger partial charge >= 0.3 is 0 Å². The monoisotopic (exact) mass is 564 g/mol. The van der Waals surface area contributed by atoms with E-state index in [4.69, 9.17) is 14.5 Å². The molecule has 3 aromatic rings. The van der Waals surface area contributed by atoms with Crippen LogP contribution in [0.1, 0.15) is 37.1 Å².